The molecule has 2 aromatic rings. The molecule has 0 aliphatic heterocycles. The minimum absolute atomic E-state index is 0.0349. The molecule has 0 aromatic carbocycles. The second kappa shape index (κ2) is 4.75. The quantitative estimate of drug-likeness (QED) is 0.881. The monoisotopic (exact) mass is 233 g/mol. The van der Waals surface area contributed by atoms with Crippen LogP contribution in [0.1, 0.15) is 35.1 Å². The molecule has 0 bridgehead atoms. The van der Waals surface area contributed by atoms with E-state index in [9.17, 15) is 0 Å². The van der Waals surface area contributed by atoms with Gasteiger partial charge in [-0.05, 0) is 38.3 Å². The van der Waals surface area contributed by atoms with E-state index in [-0.39, 0.29) is 6.04 Å². The van der Waals surface area contributed by atoms with Crippen molar-refractivity contribution in [2.24, 2.45) is 12.8 Å². The molecule has 2 N–H and O–H groups in total. The number of furan rings is 1. The zero-order valence-electron chi connectivity index (χ0n) is 10.6. The number of aryl methyl sites for hydroxylation is 4. The highest BCUT2D eigenvalue weighted by atomic mass is 16.3. The van der Waals surface area contributed by atoms with E-state index in [4.69, 9.17) is 10.2 Å². The van der Waals surface area contributed by atoms with Crippen LogP contribution < -0.4 is 5.73 Å². The lowest BCUT2D eigenvalue weighted by atomic mass is 10.0. The number of hydrogen-bond donors (Lipinski definition) is 1. The fourth-order valence-electron chi connectivity index (χ4n) is 2.10. The van der Waals surface area contributed by atoms with Gasteiger partial charge in [-0.15, -0.1) is 0 Å². The Morgan fingerprint density at radius 2 is 2.24 bits per heavy atom. The largest absolute Gasteiger partial charge is 0.466 e. The average molecular weight is 233 g/mol. The highest BCUT2D eigenvalue weighted by Gasteiger charge is 2.13. The number of nitrogens with zero attached hydrogens (tertiary/aromatic N) is 2. The molecule has 0 radical (unpaired) electrons. The van der Waals surface area contributed by atoms with Crippen LogP contribution in [-0.4, -0.2) is 9.78 Å². The lowest BCUT2D eigenvalue weighted by Gasteiger charge is -2.09. The molecule has 0 saturated heterocycles. The maximum Gasteiger partial charge on any atom is 0.105 e. The van der Waals surface area contributed by atoms with Crippen LogP contribution in [0.25, 0.3) is 0 Å². The summed E-state index contributed by atoms with van der Waals surface area (Å²) in [6.45, 7) is 3.91. The topological polar surface area (TPSA) is 57.0 Å². The van der Waals surface area contributed by atoms with Gasteiger partial charge in [0, 0.05) is 24.8 Å². The van der Waals surface area contributed by atoms with Gasteiger partial charge in [0.2, 0.25) is 0 Å². The number of hydrogen-bond acceptors (Lipinski definition) is 3. The minimum atomic E-state index is 0.0349. The van der Waals surface area contributed by atoms with Crippen molar-refractivity contribution in [2.75, 3.05) is 0 Å². The summed E-state index contributed by atoms with van der Waals surface area (Å²) in [6.07, 6.45) is 5.77. The summed E-state index contributed by atoms with van der Waals surface area (Å²) in [5.74, 6) is 1.86. The first kappa shape index (κ1) is 11.9. The molecule has 1 unspecified atom stereocenters. The van der Waals surface area contributed by atoms with Crippen LogP contribution in [-0.2, 0) is 13.5 Å². The molecule has 4 heteroatoms. The molecule has 2 aromatic heterocycles. The molecule has 17 heavy (non-hydrogen) atoms. The van der Waals surface area contributed by atoms with E-state index in [1.54, 1.807) is 0 Å². The SMILES string of the molecule is Cc1cc(C(N)CCc2cnn(C)c2)c(C)o1. The first-order valence-electron chi connectivity index (χ1n) is 5.86. The van der Waals surface area contributed by atoms with Gasteiger partial charge in [0.15, 0.2) is 0 Å². The molecule has 2 heterocycles. The number of nitrogens with two attached hydrogens (primary N) is 1. The Kier molecular flexibility index (Phi) is 3.33. The fraction of sp³-hybridized carbons (Fsp3) is 0.462. The van der Waals surface area contributed by atoms with Gasteiger partial charge in [0.25, 0.3) is 0 Å². The summed E-state index contributed by atoms with van der Waals surface area (Å²) in [4.78, 5) is 0. The van der Waals surface area contributed by atoms with Crippen LogP contribution in [0.15, 0.2) is 22.9 Å². The third-order valence-corrected chi connectivity index (χ3v) is 2.98. The molecule has 4 nitrogen and oxygen atoms in total. The lowest BCUT2D eigenvalue weighted by Crippen LogP contribution is -2.11. The van der Waals surface area contributed by atoms with Gasteiger partial charge < -0.3 is 10.2 Å². The van der Waals surface area contributed by atoms with Crippen molar-refractivity contribution in [3.05, 3.63) is 41.1 Å². The molecule has 0 aliphatic rings. The van der Waals surface area contributed by atoms with Crippen molar-refractivity contribution in [2.45, 2.75) is 32.7 Å². The molecular formula is C13H19N3O. The molecule has 0 fully saturated rings. The molecule has 0 aliphatic carbocycles. The highest BCUT2D eigenvalue weighted by Crippen LogP contribution is 2.23. The summed E-state index contributed by atoms with van der Waals surface area (Å²) in [6, 6.07) is 2.07. The van der Waals surface area contributed by atoms with Crippen LogP contribution in [0.5, 0.6) is 0 Å². The molecule has 1 atom stereocenters. The standard InChI is InChI=1S/C13H19N3O/c1-9-6-12(10(2)17-9)13(14)5-4-11-7-15-16(3)8-11/h6-8,13H,4-5,14H2,1-3H3. The Morgan fingerprint density at radius 3 is 2.76 bits per heavy atom. The van der Waals surface area contributed by atoms with Crippen LogP contribution in [0.4, 0.5) is 0 Å². The molecule has 0 spiro atoms. The van der Waals surface area contributed by atoms with E-state index in [0.717, 1.165) is 29.9 Å². The van der Waals surface area contributed by atoms with Gasteiger partial charge in [-0.3, -0.25) is 4.68 Å². The maximum absolute atomic E-state index is 6.18. The zero-order chi connectivity index (χ0) is 12.4. The van der Waals surface area contributed by atoms with Gasteiger partial charge in [0.05, 0.1) is 6.20 Å². The van der Waals surface area contributed by atoms with Gasteiger partial charge >= 0.3 is 0 Å². The van der Waals surface area contributed by atoms with Crippen molar-refractivity contribution in [3.8, 4) is 0 Å². The summed E-state index contributed by atoms with van der Waals surface area (Å²) >= 11 is 0. The molecular weight excluding hydrogens is 214 g/mol. The number of aromatic nitrogens is 2. The van der Waals surface area contributed by atoms with Crippen molar-refractivity contribution >= 4 is 0 Å². The second-order valence-electron chi connectivity index (χ2n) is 4.54. The molecule has 2 rings (SSSR count). The van der Waals surface area contributed by atoms with Crippen molar-refractivity contribution < 1.29 is 4.42 Å². The smallest absolute Gasteiger partial charge is 0.105 e. The summed E-state index contributed by atoms with van der Waals surface area (Å²) < 4.78 is 7.31. The van der Waals surface area contributed by atoms with Gasteiger partial charge in [-0.2, -0.15) is 5.10 Å². The minimum Gasteiger partial charge on any atom is -0.466 e. The Bertz CT molecular complexity index is 498. The predicted molar refractivity (Wildman–Crippen MR) is 66.6 cm³/mol. The Labute approximate surface area is 101 Å². The Balaban J connectivity index is 1.97. The van der Waals surface area contributed by atoms with E-state index >= 15 is 0 Å². The maximum atomic E-state index is 6.18. The average Bonchev–Trinajstić information content (AvgIpc) is 2.81. The first-order chi connectivity index (χ1) is 8.06. The highest BCUT2D eigenvalue weighted by molar-refractivity contribution is 5.24. The Morgan fingerprint density at radius 1 is 1.47 bits per heavy atom. The van der Waals surface area contributed by atoms with Crippen molar-refractivity contribution in [1.82, 2.24) is 9.78 Å². The summed E-state index contributed by atoms with van der Waals surface area (Å²) in [7, 11) is 1.92. The van der Waals surface area contributed by atoms with Gasteiger partial charge in [-0.1, -0.05) is 0 Å². The fourth-order valence-corrected chi connectivity index (χ4v) is 2.10. The summed E-state index contributed by atoms with van der Waals surface area (Å²) in [5.41, 5.74) is 8.52. The van der Waals surface area contributed by atoms with E-state index in [1.807, 2.05) is 44.0 Å². The first-order valence-corrected chi connectivity index (χ1v) is 5.86. The Hall–Kier alpha value is -1.55. The zero-order valence-corrected chi connectivity index (χ0v) is 10.6. The predicted octanol–water partition coefficient (Wildman–Crippen LogP) is 2.26. The molecule has 92 valence electrons. The third-order valence-electron chi connectivity index (χ3n) is 2.98. The van der Waals surface area contributed by atoms with E-state index in [0.29, 0.717) is 0 Å². The van der Waals surface area contributed by atoms with E-state index < -0.39 is 0 Å². The van der Waals surface area contributed by atoms with Crippen molar-refractivity contribution in [3.63, 3.8) is 0 Å². The van der Waals surface area contributed by atoms with Gasteiger partial charge in [0.1, 0.15) is 11.5 Å². The third kappa shape index (κ3) is 2.77. The van der Waals surface area contributed by atoms with Crippen LogP contribution in [0.2, 0.25) is 0 Å². The van der Waals surface area contributed by atoms with Crippen molar-refractivity contribution in [1.29, 1.82) is 0 Å². The van der Waals surface area contributed by atoms with Crippen LogP contribution >= 0.6 is 0 Å². The lowest BCUT2D eigenvalue weighted by molar-refractivity contribution is 0.495. The normalized spacial score (nSPS) is 12.9. The van der Waals surface area contributed by atoms with Crippen LogP contribution in [0.3, 0.4) is 0 Å². The second-order valence-corrected chi connectivity index (χ2v) is 4.54. The van der Waals surface area contributed by atoms with Gasteiger partial charge in [-0.25, -0.2) is 0 Å². The molecule has 0 amide bonds. The van der Waals surface area contributed by atoms with Crippen LogP contribution in [0, 0.1) is 13.8 Å². The molecule has 0 saturated carbocycles. The van der Waals surface area contributed by atoms with E-state index in [2.05, 4.69) is 5.10 Å². The van der Waals surface area contributed by atoms with E-state index in [1.165, 1.54) is 5.56 Å². The number of rotatable bonds is 4. The summed E-state index contributed by atoms with van der Waals surface area (Å²) in [5, 5.41) is 4.15.